The molecule has 0 aliphatic carbocycles. The fourth-order valence-electron chi connectivity index (χ4n) is 2.27. The van der Waals surface area contributed by atoms with E-state index in [2.05, 4.69) is 31.7 Å². The molecule has 0 bridgehead atoms. The van der Waals surface area contributed by atoms with Crippen molar-refractivity contribution in [2.24, 2.45) is 16.7 Å². The molecule has 158 valence electrons. The molecular formula is C17H38N8O2. The molecule has 0 aromatic heterocycles. The zero-order chi connectivity index (χ0) is 20.0. The van der Waals surface area contributed by atoms with Crippen molar-refractivity contribution >= 4 is 18.3 Å². The lowest BCUT2D eigenvalue weighted by molar-refractivity contribution is -0.120. The summed E-state index contributed by atoms with van der Waals surface area (Å²) in [7, 11) is 0. The first kappa shape index (κ1) is 24.9. The molecule has 9 N–H and O–H groups in total. The van der Waals surface area contributed by atoms with Crippen LogP contribution in [0.2, 0.25) is 0 Å². The van der Waals surface area contributed by atoms with E-state index in [-0.39, 0.29) is 18.5 Å². The molecule has 0 atom stereocenters. The summed E-state index contributed by atoms with van der Waals surface area (Å²) < 4.78 is 0. The van der Waals surface area contributed by atoms with E-state index in [1.165, 1.54) is 6.34 Å². The van der Waals surface area contributed by atoms with E-state index < -0.39 is 0 Å². The second-order valence-corrected chi connectivity index (χ2v) is 6.21. The zero-order valence-corrected chi connectivity index (χ0v) is 16.4. The molecule has 0 fully saturated rings. The van der Waals surface area contributed by atoms with Crippen molar-refractivity contribution < 1.29 is 9.59 Å². The lowest BCUT2D eigenvalue weighted by atomic mass is 10.2. The van der Waals surface area contributed by atoms with Gasteiger partial charge >= 0.3 is 6.03 Å². The van der Waals surface area contributed by atoms with Crippen LogP contribution in [0.4, 0.5) is 4.79 Å². The van der Waals surface area contributed by atoms with Gasteiger partial charge in [-0.25, -0.2) is 4.79 Å². The zero-order valence-electron chi connectivity index (χ0n) is 16.4. The van der Waals surface area contributed by atoms with Gasteiger partial charge in [-0.2, -0.15) is 5.10 Å². The molecule has 0 heterocycles. The number of unbranched alkanes of at least 4 members (excludes halogenated alkanes) is 4. The Morgan fingerprint density at radius 2 is 1.41 bits per heavy atom. The highest BCUT2D eigenvalue weighted by molar-refractivity contribution is 5.83. The second-order valence-electron chi connectivity index (χ2n) is 6.21. The largest absolute Gasteiger partial charge is 0.375 e. The number of hydrogen-bond acceptors (Lipinski definition) is 6. The Balaban J connectivity index is 3.34. The Hall–Kier alpha value is -2.07. The van der Waals surface area contributed by atoms with Crippen LogP contribution in [0.5, 0.6) is 0 Å². The quantitative estimate of drug-likeness (QED) is 0.0535. The molecule has 10 nitrogen and oxygen atoms in total. The van der Waals surface area contributed by atoms with Crippen LogP contribution < -0.4 is 38.2 Å². The number of nitrogens with zero attached hydrogens (tertiary/aromatic N) is 1. The summed E-state index contributed by atoms with van der Waals surface area (Å²) in [5.41, 5.74) is 5.41. The molecule has 0 spiro atoms. The summed E-state index contributed by atoms with van der Waals surface area (Å²) in [6, 6.07) is -0.310. The number of carbonyl (C=O) groups excluding carboxylic acids is 2. The lowest BCUT2D eigenvalue weighted by Gasteiger charge is -2.09. The Morgan fingerprint density at radius 1 is 0.778 bits per heavy atom. The van der Waals surface area contributed by atoms with Gasteiger partial charge in [-0.1, -0.05) is 12.8 Å². The third-order valence-electron chi connectivity index (χ3n) is 3.77. The van der Waals surface area contributed by atoms with Crippen molar-refractivity contribution in [3.05, 3.63) is 0 Å². The van der Waals surface area contributed by atoms with E-state index in [9.17, 15) is 9.59 Å². The molecular weight excluding hydrogens is 348 g/mol. The number of nitrogens with one attached hydrogen (secondary N) is 5. The second kappa shape index (κ2) is 20.2. The predicted molar refractivity (Wildman–Crippen MR) is 109 cm³/mol. The van der Waals surface area contributed by atoms with Gasteiger partial charge in [0, 0.05) is 19.6 Å². The first-order valence-electron chi connectivity index (χ1n) is 9.85. The summed E-state index contributed by atoms with van der Waals surface area (Å²) >= 11 is 0. The molecule has 0 rings (SSSR count). The third-order valence-corrected chi connectivity index (χ3v) is 3.77. The monoisotopic (exact) mass is 386 g/mol. The highest BCUT2D eigenvalue weighted by Gasteiger charge is 2.04. The molecule has 0 aliphatic heterocycles. The van der Waals surface area contributed by atoms with Gasteiger partial charge in [-0.05, 0) is 51.7 Å². The minimum atomic E-state index is -0.310. The lowest BCUT2D eigenvalue weighted by Crippen LogP contribution is -2.42. The van der Waals surface area contributed by atoms with Crippen molar-refractivity contribution in [2.75, 3.05) is 45.8 Å². The minimum Gasteiger partial charge on any atom is -0.375 e. The number of nitrogens with two attached hydrogens (primary N) is 2. The molecule has 0 radical (unpaired) electrons. The van der Waals surface area contributed by atoms with E-state index in [4.69, 9.17) is 11.6 Å². The van der Waals surface area contributed by atoms with Crippen LogP contribution in [0, 0.1) is 0 Å². The fourth-order valence-corrected chi connectivity index (χ4v) is 2.27. The summed E-state index contributed by atoms with van der Waals surface area (Å²) in [4.78, 5) is 23.2. The van der Waals surface area contributed by atoms with E-state index >= 15 is 0 Å². The molecule has 0 aliphatic rings. The molecule has 10 heteroatoms. The number of urea groups is 1. The van der Waals surface area contributed by atoms with Crippen molar-refractivity contribution in [2.45, 2.75) is 44.9 Å². The maximum Gasteiger partial charge on any atom is 0.315 e. The summed E-state index contributed by atoms with van der Waals surface area (Å²) in [5, 5.41) is 17.7. The van der Waals surface area contributed by atoms with Crippen LogP contribution in [0.3, 0.4) is 0 Å². The van der Waals surface area contributed by atoms with Gasteiger partial charge < -0.3 is 38.2 Å². The van der Waals surface area contributed by atoms with E-state index in [0.717, 1.165) is 64.6 Å². The van der Waals surface area contributed by atoms with Gasteiger partial charge in [-0.3, -0.25) is 4.79 Å². The summed E-state index contributed by atoms with van der Waals surface area (Å²) in [6.45, 7) is 4.61. The Bertz CT molecular complexity index is 393. The van der Waals surface area contributed by atoms with Crippen LogP contribution in [0.15, 0.2) is 5.10 Å². The topological polar surface area (TPSA) is 159 Å². The van der Waals surface area contributed by atoms with Gasteiger partial charge in [0.2, 0.25) is 5.91 Å². The first-order valence-corrected chi connectivity index (χ1v) is 9.85. The molecule has 0 aromatic rings. The minimum absolute atomic E-state index is 0.00514. The van der Waals surface area contributed by atoms with Crippen LogP contribution in [0.25, 0.3) is 0 Å². The first-order chi connectivity index (χ1) is 13.2. The number of hydrogen-bond donors (Lipinski definition) is 7. The van der Waals surface area contributed by atoms with Crippen molar-refractivity contribution in [3.8, 4) is 0 Å². The molecule has 0 aromatic carbocycles. The smallest absolute Gasteiger partial charge is 0.315 e. The number of carbonyl (C=O) groups is 2. The van der Waals surface area contributed by atoms with E-state index in [1.54, 1.807) is 0 Å². The predicted octanol–water partition coefficient (Wildman–Crippen LogP) is -0.828. The fraction of sp³-hybridized carbons (Fsp3) is 0.824. The summed E-state index contributed by atoms with van der Waals surface area (Å²) in [5.74, 6) is 4.80. The highest BCUT2D eigenvalue weighted by Crippen LogP contribution is 1.97. The maximum atomic E-state index is 11.6. The van der Waals surface area contributed by atoms with Crippen molar-refractivity contribution in [3.63, 3.8) is 0 Å². The molecule has 0 saturated heterocycles. The van der Waals surface area contributed by atoms with Crippen molar-refractivity contribution in [1.82, 2.24) is 26.6 Å². The van der Waals surface area contributed by atoms with E-state index in [0.29, 0.717) is 19.6 Å². The van der Waals surface area contributed by atoms with Gasteiger partial charge in [-0.15, -0.1) is 0 Å². The SMILES string of the molecule is NCCCNCCCCNC(=O)NCC(=O)NCCCCCCNC=NN. The van der Waals surface area contributed by atoms with Gasteiger partial charge in [0.25, 0.3) is 0 Å². The molecule has 0 saturated carbocycles. The number of hydrazone groups is 1. The Kier molecular flexibility index (Phi) is 18.7. The molecule has 27 heavy (non-hydrogen) atoms. The number of amides is 3. The normalized spacial score (nSPS) is 10.7. The number of rotatable bonds is 18. The van der Waals surface area contributed by atoms with Gasteiger partial charge in [0.1, 0.15) is 6.34 Å². The average Bonchev–Trinajstić information content (AvgIpc) is 2.67. The molecule has 3 amide bonds. The summed E-state index contributed by atoms with van der Waals surface area (Å²) in [6.07, 6.45) is 8.40. The van der Waals surface area contributed by atoms with Crippen LogP contribution in [-0.4, -0.2) is 64.1 Å². The Labute approximate surface area is 162 Å². The average molecular weight is 387 g/mol. The highest BCUT2D eigenvalue weighted by atomic mass is 16.2. The van der Waals surface area contributed by atoms with Crippen LogP contribution in [-0.2, 0) is 4.79 Å². The third kappa shape index (κ3) is 20.1. The maximum absolute atomic E-state index is 11.6. The van der Waals surface area contributed by atoms with Crippen LogP contribution >= 0.6 is 0 Å². The van der Waals surface area contributed by atoms with E-state index in [1.807, 2.05) is 0 Å². The molecule has 0 unspecified atom stereocenters. The van der Waals surface area contributed by atoms with Gasteiger partial charge in [0.15, 0.2) is 0 Å². The van der Waals surface area contributed by atoms with Gasteiger partial charge in [0.05, 0.1) is 6.54 Å². The van der Waals surface area contributed by atoms with Crippen molar-refractivity contribution in [1.29, 1.82) is 0 Å². The standard InChI is InChI=1S/C17H38N8O2/c18-8-7-11-20-9-5-6-13-23-17(27)24-14-16(26)22-12-4-2-1-3-10-21-15-25-19/h15,20H,1-14,18-19H2,(H,21,25)(H,22,26)(H2,23,24,27). The van der Waals surface area contributed by atoms with Crippen LogP contribution in [0.1, 0.15) is 44.9 Å². The Morgan fingerprint density at radius 3 is 2.15 bits per heavy atom.